The highest BCUT2D eigenvalue weighted by atomic mass is 35.5. The number of anilines is 2. The smallest absolute Gasteiger partial charge is 0.253 e. The summed E-state index contributed by atoms with van der Waals surface area (Å²) >= 11 is 5.84. The van der Waals surface area contributed by atoms with E-state index in [1.54, 1.807) is 54.4 Å². The zero-order valence-electron chi connectivity index (χ0n) is 16.1. The predicted octanol–water partition coefficient (Wildman–Crippen LogP) is 4.66. The number of nitrogens with one attached hydrogen (secondary N) is 2. The number of hydrogen-bond acceptors (Lipinski definition) is 3. The second kappa shape index (κ2) is 9.75. The molecule has 0 radical (unpaired) electrons. The lowest BCUT2D eigenvalue weighted by Crippen LogP contribution is -2.26. The van der Waals surface area contributed by atoms with Gasteiger partial charge in [-0.05, 0) is 48.0 Å². The van der Waals surface area contributed by atoms with E-state index in [4.69, 9.17) is 11.6 Å². The topological polar surface area (TPSA) is 61.4 Å². The molecule has 0 spiro atoms. The number of carbonyl (C=O) groups is 2. The third-order valence-electron chi connectivity index (χ3n) is 4.30. The van der Waals surface area contributed by atoms with E-state index in [-0.39, 0.29) is 18.4 Å². The maximum absolute atomic E-state index is 12.7. The molecule has 0 aliphatic rings. The molecule has 0 saturated heterocycles. The SMILES string of the molecule is CN(Cc1ccccc1)C(=O)c1cccc(NCC(=O)Nc2ccc(Cl)cc2)c1. The molecule has 148 valence electrons. The third-order valence-corrected chi connectivity index (χ3v) is 4.55. The van der Waals surface area contributed by atoms with Crippen molar-refractivity contribution < 1.29 is 9.59 Å². The molecule has 3 rings (SSSR count). The molecule has 2 amide bonds. The minimum Gasteiger partial charge on any atom is -0.376 e. The number of nitrogens with zero attached hydrogens (tertiary/aromatic N) is 1. The van der Waals surface area contributed by atoms with Crippen molar-refractivity contribution in [2.24, 2.45) is 0 Å². The maximum atomic E-state index is 12.7. The van der Waals surface area contributed by atoms with Gasteiger partial charge in [-0.25, -0.2) is 0 Å². The van der Waals surface area contributed by atoms with Gasteiger partial charge in [0.25, 0.3) is 5.91 Å². The van der Waals surface area contributed by atoms with Crippen LogP contribution in [0.25, 0.3) is 0 Å². The van der Waals surface area contributed by atoms with E-state index in [2.05, 4.69) is 10.6 Å². The standard InChI is InChI=1S/C23H22ClN3O2/c1-27(16-17-6-3-2-4-7-17)23(29)18-8-5-9-21(14-18)25-15-22(28)26-20-12-10-19(24)11-13-20/h2-14,25H,15-16H2,1H3,(H,26,28). The van der Waals surface area contributed by atoms with Crippen molar-refractivity contribution in [2.45, 2.75) is 6.54 Å². The van der Waals surface area contributed by atoms with Crippen LogP contribution in [0.1, 0.15) is 15.9 Å². The summed E-state index contributed by atoms with van der Waals surface area (Å²) in [5.41, 5.74) is 3.01. The van der Waals surface area contributed by atoms with Crippen LogP contribution in [0.5, 0.6) is 0 Å². The van der Waals surface area contributed by atoms with Crippen molar-refractivity contribution in [3.8, 4) is 0 Å². The zero-order chi connectivity index (χ0) is 20.6. The van der Waals surface area contributed by atoms with E-state index < -0.39 is 0 Å². The van der Waals surface area contributed by atoms with E-state index in [0.29, 0.717) is 28.5 Å². The molecule has 5 nitrogen and oxygen atoms in total. The van der Waals surface area contributed by atoms with Gasteiger partial charge in [-0.3, -0.25) is 9.59 Å². The van der Waals surface area contributed by atoms with Gasteiger partial charge in [0.15, 0.2) is 0 Å². The van der Waals surface area contributed by atoms with Crippen molar-refractivity contribution >= 4 is 34.8 Å². The molecule has 29 heavy (non-hydrogen) atoms. The summed E-state index contributed by atoms with van der Waals surface area (Å²) in [5, 5.41) is 6.45. The minimum atomic E-state index is -0.190. The van der Waals surface area contributed by atoms with Gasteiger partial charge in [0, 0.05) is 35.6 Å². The first-order valence-corrected chi connectivity index (χ1v) is 9.58. The molecule has 3 aromatic carbocycles. The van der Waals surface area contributed by atoms with Crippen molar-refractivity contribution in [3.63, 3.8) is 0 Å². The van der Waals surface area contributed by atoms with Gasteiger partial charge in [-0.15, -0.1) is 0 Å². The first kappa shape index (κ1) is 20.4. The molecule has 0 atom stereocenters. The molecular formula is C23H22ClN3O2. The van der Waals surface area contributed by atoms with Crippen LogP contribution >= 0.6 is 11.6 Å². The molecule has 3 aromatic rings. The van der Waals surface area contributed by atoms with E-state index in [0.717, 1.165) is 5.56 Å². The molecule has 2 N–H and O–H groups in total. The van der Waals surface area contributed by atoms with E-state index in [9.17, 15) is 9.59 Å². The molecule has 0 unspecified atom stereocenters. The van der Waals surface area contributed by atoms with Crippen LogP contribution in [0.15, 0.2) is 78.9 Å². The Morgan fingerprint density at radius 3 is 2.34 bits per heavy atom. The Hall–Kier alpha value is -3.31. The minimum absolute atomic E-state index is 0.0804. The van der Waals surface area contributed by atoms with Crippen LogP contribution in [-0.4, -0.2) is 30.3 Å². The number of carbonyl (C=O) groups excluding carboxylic acids is 2. The average molecular weight is 408 g/mol. The lowest BCUT2D eigenvalue weighted by Gasteiger charge is -2.18. The van der Waals surface area contributed by atoms with Crippen LogP contribution < -0.4 is 10.6 Å². The lowest BCUT2D eigenvalue weighted by atomic mass is 10.1. The van der Waals surface area contributed by atoms with Gasteiger partial charge in [0.1, 0.15) is 0 Å². The molecule has 6 heteroatoms. The summed E-state index contributed by atoms with van der Waals surface area (Å²) in [6, 6.07) is 23.9. The van der Waals surface area contributed by atoms with Crippen LogP contribution in [0.2, 0.25) is 5.02 Å². The maximum Gasteiger partial charge on any atom is 0.253 e. The molecule has 0 aromatic heterocycles. The second-order valence-corrected chi connectivity index (χ2v) is 7.07. The van der Waals surface area contributed by atoms with Crippen LogP contribution in [-0.2, 0) is 11.3 Å². The molecule has 0 heterocycles. The molecule has 0 bridgehead atoms. The molecule has 0 fully saturated rings. The van der Waals surface area contributed by atoms with E-state index in [1.807, 2.05) is 36.4 Å². The van der Waals surface area contributed by atoms with Gasteiger partial charge in [0.2, 0.25) is 5.91 Å². The van der Waals surface area contributed by atoms with E-state index in [1.165, 1.54) is 0 Å². The van der Waals surface area contributed by atoms with Gasteiger partial charge in [0.05, 0.1) is 6.54 Å². The Labute approximate surface area is 175 Å². The van der Waals surface area contributed by atoms with E-state index >= 15 is 0 Å². The number of halogens is 1. The normalized spacial score (nSPS) is 10.3. The van der Waals surface area contributed by atoms with Gasteiger partial charge in [-0.1, -0.05) is 48.0 Å². The number of rotatable bonds is 7. The summed E-state index contributed by atoms with van der Waals surface area (Å²) in [6.45, 7) is 0.612. The number of amides is 2. The van der Waals surface area contributed by atoms with Crippen molar-refractivity contribution in [2.75, 3.05) is 24.2 Å². The highest BCUT2D eigenvalue weighted by molar-refractivity contribution is 6.30. The molecule has 0 aliphatic heterocycles. The highest BCUT2D eigenvalue weighted by Gasteiger charge is 2.13. The Kier molecular flexibility index (Phi) is 6.87. The van der Waals surface area contributed by atoms with Gasteiger partial charge in [-0.2, -0.15) is 0 Å². The Bertz CT molecular complexity index is 975. The Balaban J connectivity index is 1.56. The predicted molar refractivity (Wildman–Crippen MR) is 117 cm³/mol. The van der Waals surface area contributed by atoms with Crippen LogP contribution in [0.3, 0.4) is 0 Å². The summed E-state index contributed by atoms with van der Waals surface area (Å²) < 4.78 is 0. The Morgan fingerprint density at radius 2 is 1.62 bits per heavy atom. The summed E-state index contributed by atoms with van der Waals surface area (Å²) in [6.07, 6.45) is 0. The zero-order valence-corrected chi connectivity index (χ0v) is 16.8. The summed E-state index contributed by atoms with van der Waals surface area (Å²) in [5.74, 6) is -0.270. The third kappa shape index (κ3) is 6.09. The van der Waals surface area contributed by atoms with Crippen molar-refractivity contribution in [1.29, 1.82) is 0 Å². The first-order chi connectivity index (χ1) is 14.0. The van der Waals surface area contributed by atoms with Gasteiger partial charge >= 0.3 is 0 Å². The number of benzene rings is 3. The largest absolute Gasteiger partial charge is 0.376 e. The van der Waals surface area contributed by atoms with Gasteiger partial charge < -0.3 is 15.5 Å². The Morgan fingerprint density at radius 1 is 0.897 bits per heavy atom. The van der Waals surface area contributed by atoms with Crippen LogP contribution in [0.4, 0.5) is 11.4 Å². The monoisotopic (exact) mass is 407 g/mol. The van der Waals surface area contributed by atoms with Crippen molar-refractivity contribution in [1.82, 2.24) is 4.90 Å². The quantitative estimate of drug-likeness (QED) is 0.598. The molecule has 0 saturated carbocycles. The fraction of sp³-hybridized carbons (Fsp3) is 0.130. The second-order valence-electron chi connectivity index (χ2n) is 6.64. The van der Waals surface area contributed by atoms with Crippen molar-refractivity contribution in [3.05, 3.63) is 95.0 Å². The lowest BCUT2D eigenvalue weighted by molar-refractivity contribution is -0.114. The summed E-state index contributed by atoms with van der Waals surface area (Å²) in [4.78, 5) is 26.5. The van der Waals surface area contributed by atoms with Crippen LogP contribution in [0, 0.1) is 0 Å². The average Bonchev–Trinajstić information content (AvgIpc) is 2.74. The molecular weight excluding hydrogens is 386 g/mol. The highest BCUT2D eigenvalue weighted by Crippen LogP contribution is 2.15. The number of hydrogen-bond donors (Lipinski definition) is 2. The molecule has 0 aliphatic carbocycles. The fourth-order valence-corrected chi connectivity index (χ4v) is 2.96. The fourth-order valence-electron chi connectivity index (χ4n) is 2.83. The summed E-state index contributed by atoms with van der Waals surface area (Å²) in [7, 11) is 1.77. The first-order valence-electron chi connectivity index (χ1n) is 9.20.